The maximum absolute atomic E-state index is 13.6. The van der Waals surface area contributed by atoms with Gasteiger partial charge in [-0.25, -0.2) is 4.39 Å². The number of halogens is 1. The van der Waals surface area contributed by atoms with E-state index in [4.69, 9.17) is 4.74 Å². The molecule has 2 rings (SSSR count). The minimum atomic E-state index is -0.895. The largest absolute Gasteiger partial charge is 0.494 e. The summed E-state index contributed by atoms with van der Waals surface area (Å²) in [6.45, 7) is 3.71. The molecule has 1 N–H and O–H groups in total. The Balaban J connectivity index is 2.38. The molecule has 0 aliphatic carbocycles. The minimum Gasteiger partial charge on any atom is -0.494 e. The van der Waals surface area contributed by atoms with Crippen LogP contribution in [0.25, 0.3) is 0 Å². The Morgan fingerprint density at radius 1 is 1.21 bits per heavy atom. The van der Waals surface area contributed by atoms with E-state index < -0.39 is 11.9 Å². The third kappa shape index (κ3) is 2.74. The predicted octanol–water partition coefficient (Wildman–Crippen LogP) is 2.93. The van der Waals surface area contributed by atoms with E-state index in [0.29, 0.717) is 11.1 Å². The number of benzene rings is 1. The Labute approximate surface area is 111 Å². The van der Waals surface area contributed by atoms with Gasteiger partial charge in [-0.05, 0) is 37.6 Å². The third-order valence-electron chi connectivity index (χ3n) is 3.05. The SMILES string of the molecule is COc1ccc(C(O)c2ccc(C)nc2C)cc1F. The number of aliphatic hydroxyl groups excluding tert-OH is 1. The number of hydrogen-bond acceptors (Lipinski definition) is 3. The number of rotatable bonds is 3. The Morgan fingerprint density at radius 3 is 2.53 bits per heavy atom. The molecule has 100 valence electrons. The molecule has 2 aromatic rings. The molecule has 1 aromatic heterocycles. The van der Waals surface area contributed by atoms with Gasteiger partial charge in [0.05, 0.1) is 7.11 Å². The lowest BCUT2D eigenvalue weighted by atomic mass is 10.00. The van der Waals surface area contributed by atoms with E-state index in [9.17, 15) is 9.50 Å². The molecule has 1 aromatic carbocycles. The number of nitrogens with zero attached hydrogens (tertiary/aromatic N) is 1. The fourth-order valence-electron chi connectivity index (χ4n) is 2.02. The van der Waals surface area contributed by atoms with Crippen LogP contribution < -0.4 is 4.74 Å². The average molecular weight is 261 g/mol. The number of aromatic nitrogens is 1. The topological polar surface area (TPSA) is 42.4 Å². The van der Waals surface area contributed by atoms with E-state index in [1.807, 2.05) is 26.0 Å². The summed E-state index contributed by atoms with van der Waals surface area (Å²) < 4.78 is 18.5. The first-order valence-corrected chi connectivity index (χ1v) is 5.98. The summed E-state index contributed by atoms with van der Waals surface area (Å²) in [4.78, 5) is 4.30. The lowest BCUT2D eigenvalue weighted by Gasteiger charge is -2.15. The van der Waals surface area contributed by atoms with E-state index >= 15 is 0 Å². The van der Waals surface area contributed by atoms with E-state index in [-0.39, 0.29) is 5.75 Å². The van der Waals surface area contributed by atoms with Gasteiger partial charge >= 0.3 is 0 Å². The van der Waals surface area contributed by atoms with E-state index in [1.54, 1.807) is 6.07 Å². The van der Waals surface area contributed by atoms with Crippen LogP contribution in [0.1, 0.15) is 28.6 Å². The van der Waals surface area contributed by atoms with E-state index in [2.05, 4.69) is 4.98 Å². The number of aliphatic hydroxyl groups is 1. The van der Waals surface area contributed by atoms with Gasteiger partial charge in [0.2, 0.25) is 0 Å². The molecule has 0 amide bonds. The van der Waals surface area contributed by atoms with Crippen molar-refractivity contribution < 1.29 is 14.2 Å². The average Bonchev–Trinajstić information content (AvgIpc) is 2.38. The second-order valence-corrected chi connectivity index (χ2v) is 4.42. The third-order valence-corrected chi connectivity index (χ3v) is 3.05. The van der Waals surface area contributed by atoms with Gasteiger partial charge in [-0.3, -0.25) is 4.98 Å². The van der Waals surface area contributed by atoms with Gasteiger partial charge in [-0.1, -0.05) is 12.1 Å². The Hall–Kier alpha value is -1.94. The standard InChI is InChI=1S/C15H16FNO2/c1-9-4-6-12(10(2)17-9)15(18)11-5-7-14(19-3)13(16)8-11/h4-8,15,18H,1-3H3. The fraction of sp³-hybridized carbons (Fsp3) is 0.267. The molecule has 0 fully saturated rings. The zero-order chi connectivity index (χ0) is 14.0. The molecule has 0 radical (unpaired) electrons. The maximum Gasteiger partial charge on any atom is 0.165 e. The van der Waals surface area contributed by atoms with Gasteiger partial charge in [0, 0.05) is 17.0 Å². The number of hydrogen-bond donors (Lipinski definition) is 1. The van der Waals surface area contributed by atoms with Crippen LogP contribution in [-0.2, 0) is 0 Å². The van der Waals surface area contributed by atoms with Gasteiger partial charge in [-0.15, -0.1) is 0 Å². The Kier molecular flexibility index (Phi) is 3.81. The summed E-state index contributed by atoms with van der Waals surface area (Å²) >= 11 is 0. The van der Waals surface area contributed by atoms with Crippen LogP contribution >= 0.6 is 0 Å². The van der Waals surface area contributed by atoms with Crippen molar-refractivity contribution in [3.05, 3.63) is 58.7 Å². The molecule has 1 unspecified atom stereocenters. The van der Waals surface area contributed by atoms with Crippen LogP contribution in [0.5, 0.6) is 5.75 Å². The van der Waals surface area contributed by atoms with Crippen LogP contribution in [0, 0.1) is 19.7 Å². The molecule has 1 atom stereocenters. The number of aryl methyl sites for hydroxylation is 2. The normalized spacial score (nSPS) is 12.3. The van der Waals surface area contributed by atoms with Crippen molar-refractivity contribution in [2.75, 3.05) is 7.11 Å². The summed E-state index contributed by atoms with van der Waals surface area (Å²) in [5.74, 6) is -0.327. The monoisotopic (exact) mass is 261 g/mol. The second-order valence-electron chi connectivity index (χ2n) is 4.42. The van der Waals surface area contributed by atoms with Gasteiger partial charge in [0.25, 0.3) is 0 Å². The molecule has 3 nitrogen and oxygen atoms in total. The van der Waals surface area contributed by atoms with Crippen molar-refractivity contribution in [1.82, 2.24) is 4.98 Å². The van der Waals surface area contributed by atoms with Gasteiger partial charge < -0.3 is 9.84 Å². The highest BCUT2D eigenvalue weighted by atomic mass is 19.1. The van der Waals surface area contributed by atoms with E-state index in [0.717, 1.165) is 11.4 Å². The molecule has 19 heavy (non-hydrogen) atoms. The van der Waals surface area contributed by atoms with Crippen molar-refractivity contribution >= 4 is 0 Å². The van der Waals surface area contributed by atoms with Gasteiger partial charge in [0.1, 0.15) is 6.10 Å². The molecule has 4 heteroatoms. The molecule has 1 heterocycles. The highest BCUT2D eigenvalue weighted by molar-refractivity contribution is 5.36. The summed E-state index contributed by atoms with van der Waals surface area (Å²) in [6, 6.07) is 8.06. The van der Waals surface area contributed by atoms with Crippen molar-refractivity contribution in [2.45, 2.75) is 20.0 Å². The molecule has 0 saturated heterocycles. The first-order chi connectivity index (χ1) is 9.02. The Bertz CT molecular complexity index is 599. The van der Waals surface area contributed by atoms with Crippen molar-refractivity contribution in [3.8, 4) is 5.75 Å². The molecular weight excluding hydrogens is 245 g/mol. The molecule has 0 bridgehead atoms. The van der Waals surface area contributed by atoms with Crippen LogP contribution in [0.4, 0.5) is 4.39 Å². The van der Waals surface area contributed by atoms with Crippen molar-refractivity contribution in [2.24, 2.45) is 0 Å². The highest BCUT2D eigenvalue weighted by Crippen LogP contribution is 2.27. The smallest absolute Gasteiger partial charge is 0.165 e. The number of pyridine rings is 1. The van der Waals surface area contributed by atoms with E-state index in [1.165, 1.54) is 19.2 Å². The maximum atomic E-state index is 13.6. The van der Waals surface area contributed by atoms with Crippen LogP contribution in [0.2, 0.25) is 0 Å². The lowest BCUT2D eigenvalue weighted by molar-refractivity contribution is 0.218. The van der Waals surface area contributed by atoms with Crippen LogP contribution in [-0.4, -0.2) is 17.2 Å². The fourth-order valence-corrected chi connectivity index (χ4v) is 2.02. The molecule has 0 aliphatic heterocycles. The zero-order valence-electron chi connectivity index (χ0n) is 11.1. The van der Waals surface area contributed by atoms with Gasteiger partial charge in [-0.2, -0.15) is 0 Å². The van der Waals surface area contributed by atoms with Crippen molar-refractivity contribution in [1.29, 1.82) is 0 Å². The van der Waals surface area contributed by atoms with Crippen LogP contribution in [0.15, 0.2) is 30.3 Å². The summed E-state index contributed by atoms with van der Waals surface area (Å²) in [6.07, 6.45) is -0.895. The van der Waals surface area contributed by atoms with Crippen LogP contribution in [0.3, 0.4) is 0 Å². The molecule has 0 aliphatic rings. The molecular formula is C15H16FNO2. The first kappa shape index (κ1) is 13.5. The second kappa shape index (κ2) is 5.36. The minimum absolute atomic E-state index is 0.162. The quantitative estimate of drug-likeness (QED) is 0.923. The lowest BCUT2D eigenvalue weighted by Crippen LogP contribution is -2.05. The molecule has 0 spiro atoms. The highest BCUT2D eigenvalue weighted by Gasteiger charge is 2.15. The predicted molar refractivity (Wildman–Crippen MR) is 70.7 cm³/mol. The van der Waals surface area contributed by atoms with Crippen molar-refractivity contribution in [3.63, 3.8) is 0 Å². The number of methoxy groups -OCH3 is 1. The Morgan fingerprint density at radius 2 is 1.95 bits per heavy atom. The zero-order valence-corrected chi connectivity index (χ0v) is 11.1. The summed E-state index contributed by atoms with van der Waals surface area (Å²) in [5, 5.41) is 10.3. The molecule has 0 saturated carbocycles. The number of ether oxygens (including phenoxy) is 1. The summed E-state index contributed by atoms with van der Waals surface area (Å²) in [5.41, 5.74) is 2.78. The van der Waals surface area contributed by atoms with Gasteiger partial charge in [0.15, 0.2) is 11.6 Å². The summed E-state index contributed by atoms with van der Waals surface area (Å²) in [7, 11) is 1.41. The first-order valence-electron chi connectivity index (χ1n) is 5.98.